The molecule has 1 saturated carbocycles. The third-order valence-electron chi connectivity index (χ3n) is 4.41. The van der Waals surface area contributed by atoms with Crippen molar-refractivity contribution >= 4 is 17.7 Å². The molecule has 1 aliphatic carbocycles. The molecule has 6 nitrogen and oxygen atoms in total. The summed E-state index contributed by atoms with van der Waals surface area (Å²) in [5.74, 6) is 1.71. The maximum atomic E-state index is 12.2. The predicted octanol–water partition coefficient (Wildman–Crippen LogP) is 1.49. The highest BCUT2D eigenvalue weighted by atomic mass is 16.2. The number of piperidine rings is 1. The number of nitrogens with zero attached hydrogens (tertiary/aromatic N) is 3. The quantitative estimate of drug-likeness (QED) is 0.880. The molecule has 0 radical (unpaired) electrons. The second kappa shape index (κ2) is 5.50. The number of carbonyl (C=O) groups excluding carboxylic acids is 1. The summed E-state index contributed by atoms with van der Waals surface area (Å²) in [6, 6.07) is 0.244. The molecule has 1 saturated heterocycles. The largest absolute Gasteiger partial charge is 0.368 e. The van der Waals surface area contributed by atoms with Crippen LogP contribution < -0.4 is 11.1 Å². The summed E-state index contributed by atoms with van der Waals surface area (Å²) in [5.41, 5.74) is 7.65. The third-order valence-corrected chi connectivity index (χ3v) is 4.41. The summed E-state index contributed by atoms with van der Waals surface area (Å²) in [7, 11) is 0. The Morgan fingerprint density at radius 2 is 2.05 bits per heavy atom. The molecule has 2 fully saturated rings. The zero-order valence-corrected chi connectivity index (χ0v) is 12.7. The number of rotatable bonds is 3. The lowest BCUT2D eigenvalue weighted by Crippen LogP contribution is -2.46. The number of hydrogen-bond acceptors (Lipinski definition) is 5. The fraction of sp³-hybridized carbons (Fsp3) is 0.667. The molecule has 0 aromatic carbocycles. The predicted molar refractivity (Wildman–Crippen MR) is 81.9 cm³/mol. The van der Waals surface area contributed by atoms with Crippen molar-refractivity contribution in [3.63, 3.8) is 0 Å². The van der Waals surface area contributed by atoms with Crippen LogP contribution in [0.3, 0.4) is 0 Å². The molecule has 1 amide bonds. The minimum absolute atomic E-state index is 0.244. The summed E-state index contributed by atoms with van der Waals surface area (Å²) in [6.45, 7) is 5.57. The van der Waals surface area contributed by atoms with Crippen LogP contribution in [0.2, 0.25) is 0 Å². The van der Waals surface area contributed by atoms with E-state index in [1.54, 1.807) is 0 Å². The van der Waals surface area contributed by atoms with Crippen molar-refractivity contribution in [2.75, 3.05) is 24.1 Å². The SMILES string of the molecule is Cc1nc(N)nc(NC2CCCN(C(=O)C3CC3)C2)c1C. The molecule has 2 aliphatic rings. The van der Waals surface area contributed by atoms with Gasteiger partial charge in [-0.15, -0.1) is 0 Å². The van der Waals surface area contributed by atoms with Crippen LogP contribution in [-0.4, -0.2) is 39.9 Å². The highest BCUT2D eigenvalue weighted by Gasteiger charge is 2.35. The number of hydrogen-bond donors (Lipinski definition) is 2. The van der Waals surface area contributed by atoms with Gasteiger partial charge < -0.3 is 16.0 Å². The zero-order chi connectivity index (χ0) is 15.0. The first kappa shape index (κ1) is 14.1. The molecule has 21 heavy (non-hydrogen) atoms. The van der Waals surface area contributed by atoms with E-state index in [4.69, 9.17) is 5.73 Å². The first-order valence-corrected chi connectivity index (χ1v) is 7.70. The fourth-order valence-corrected chi connectivity index (χ4v) is 2.87. The lowest BCUT2D eigenvalue weighted by molar-refractivity contribution is -0.133. The highest BCUT2D eigenvalue weighted by Crippen LogP contribution is 2.32. The van der Waals surface area contributed by atoms with Crippen molar-refractivity contribution in [2.45, 2.75) is 45.6 Å². The lowest BCUT2D eigenvalue weighted by atomic mass is 10.0. The lowest BCUT2D eigenvalue weighted by Gasteiger charge is -2.34. The molecule has 3 N–H and O–H groups in total. The maximum absolute atomic E-state index is 12.2. The van der Waals surface area contributed by atoms with Crippen molar-refractivity contribution < 1.29 is 4.79 Å². The van der Waals surface area contributed by atoms with Gasteiger partial charge in [0.15, 0.2) is 0 Å². The van der Waals surface area contributed by atoms with E-state index in [2.05, 4.69) is 15.3 Å². The summed E-state index contributed by atoms with van der Waals surface area (Å²) < 4.78 is 0. The molecule has 1 aromatic heterocycles. The van der Waals surface area contributed by atoms with E-state index in [1.807, 2.05) is 18.7 Å². The molecule has 1 aromatic rings. The highest BCUT2D eigenvalue weighted by molar-refractivity contribution is 5.81. The molecule has 0 spiro atoms. The van der Waals surface area contributed by atoms with E-state index in [9.17, 15) is 4.79 Å². The molecule has 1 atom stereocenters. The van der Waals surface area contributed by atoms with Gasteiger partial charge in [-0.25, -0.2) is 4.98 Å². The van der Waals surface area contributed by atoms with E-state index < -0.39 is 0 Å². The van der Waals surface area contributed by atoms with E-state index >= 15 is 0 Å². The minimum Gasteiger partial charge on any atom is -0.368 e. The molecule has 1 unspecified atom stereocenters. The van der Waals surface area contributed by atoms with Crippen LogP contribution in [0.25, 0.3) is 0 Å². The van der Waals surface area contributed by atoms with Crippen molar-refractivity contribution in [1.82, 2.24) is 14.9 Å². The second-order valence-corrected chi connectivity index (χ2v) is 6.18. The van der Waals surface area contributed by atoms with Crippen LogP contribution in [0.5, 0.6) is 0 Å². The molecule has 1 aliphatic heterocycles. The summed E-state index contributed by atoms with van der Waals surface area (Å²) >= 11 is 0. The first-order chi connectivity index (χ1) is 10.0. The molecular weight excluding hydrogens is 266 g/mol. The van der Waals surface area contributed by atoms with Crippen LogP contribution in [-0.2, 0) is 4.79 Å². The normalized spacial score (nSPS) is 22.2. The van der Waals surface area contributed by atoms with Gasteiger partial charge in [0.1, 0.15) is 5.82 Å². The van der Waals surface area contributed by atoms with Crippen molar-refractivity contribution in [2.24, 2.45) is 5.92 Å². The van der Waals surface area contributed by atoms with Crippen molar-refractivity contribution in [3.05, 3.63) is 11.3 Å². The Bertz CT molecular complexity index is 555. The number of aromatic nitrogens is 2. The Hall–Kier alpha value is -1.85. The van der Waals surface area contributed by atoms with Gasteiger partial charge in [-0.05, 0) is 39.5 Å². The maximum Gasteiger partial charge on any atom is 0.225 e. The molecule has 3 rings (SSSR count). The molecule has 6 heteroatoms. The number of nitrogens with one attached hydrogen (secondary N) is 1. The van der Waals surface area contributed by atoms with Crippen LogP contribution in [0, 0.1) is 19.8 Å². The Morgan fingerprint density at radius 3 is 2.76 bits per heavy atom. The smallest absolute Gasteiger partial charge is 0.225 e. The zero-order valence-electron chi connectivity index (χ0n) is 12.7. The number of anilines is 2. The first-order valence-electron chi connectivity index (χ1n) is 7.70. The van der Waals surface area contributed by atoms with Gasteiger partial charge in [-0.1, -0.05) is 0 Å². The average Bonchev–Trinajstić information content (AvgIpc) is 3.28. The van der Waals surface area contributed by atoms with E-state index in [0.29, 0.717) is 17.8 Å². The van der Waals surface area contributed by atoms with Gasteiger partial charge in [-0.2, -0.15) is 4.98 Å². The standard InChI is InChI=1S/C15H23N5O/c1-9-10(2)17-15(16)19-13(9)18-12-4-3-7-20(8-12)14(21)11-5-6-11/h11-12H,3-8H2,1-2H3,(H3,16,17,18,19). The number of amides is 1. The van der Waals surface area contributed by atoms with Crippen LogP contribution >= 0.6 is 0 Å². The van der Waals surface area contributed by atoms with Gasteiger partial charge in [-0.3, -0.25) is 4.79 Å². The number of nitrogens with two attached hydrogens (primary N) is 1. The topological polar surface area (TPSA) is 84.1 Å². The second-order valence-electron chi connectivity index (χ2n) is 6.18. The Balaban J connectivity index is 1.68. The molecule has 2 heterocycles. The average molecular weight is 289 g/mol. The molecular formula is C15H23N5O. The third kappa shape index (κ3) is 3.09. The fourth-order valence-electron chi connectivity index (χ4n) is 2.87. The van der Waals surface area contributed by atoms with Gasteiger partial charge in [0.25, 0.3) is 0 Å². The van der Waals surface area contributed by atoms with E-state index in [1.165, 1.54) is 0 Å². The van der Waals surface area contributed by atoms with E-state index in [-0.39, 0.29) is 6.04 Å². The summed E-state index contributed by atoms with van der Waals surface area (Å²) in [4.78, 5) is 22.7. The monoisotopic (exact) mass is 289 g/mol. The van der Waals surface area contributed by atoms with Crippen LogP contribution in [0.4, 0.5) is 11.8 Å². The van der Waals surface area contributed by atoms with Gasteiger partial charge in [0.05, 0.1) is 0 Å². The van der Waals surface area contributed by atoms with Gasteiger partial charge in [0.2, 0.25) is 11.9 Å². The van der Waals surface area contributed by atoms with Crippen molar-refractivity contribution in [3.8, 4) is 0 Å². The molecule has 0 bridgehead atoms. The van der Waals surface area contributed by atoms with Crippen LogP contribution in [0.15, 0.2) is 0 Å². The number of carbonyl (C=O) groups is 1. The summed E-state index contributed by atoms with van der Waals surface area (Å²) in [6.07, 6.45) is 4.22. The number of aryl methyl sites for hydroxylation is 1. The number of likely N-dealkylation sites (tertiary alicyclic amines) is 1. The Morgan fingerprint density at radius 1 is 1.29 bits per heavy atom. The van der Waals surface area contributed by atoms with Gasteiger partial charge in [0, 0.05) is 36.3 Å². The number of nitrogen functional groups attached to an aromatic ring is 1. The summed E-state index contributed by atoms with van der Waals surface area (Å²) in [5, 5.41) is 3.45. The van der Waals surface area contributed by atoms with Crippen LogP contribution in [0.1, 0.15) is 36.9 Å². The van der Waals surface area contributed by atoms with E-state index in [0.717, 1.165) is 55.8 Å². The van der Waals surface area contributed by atoms with Crippen molar-refractivity contribution in [1.29, 1.82) is 0 Å². The van der Waals surface area contributed by atoms with Gasteiger partial charge >= 0.3 is 0 Å². The Labute approximate surface area is 125 Å². The Kier molecular flexibility index (Phi) is 3.69. The minimum atomic E-state index is 0.244. The molecule has 114 valence electrons.